The maximum atomic E-state index is 12.8. The van der Waals surface area contributed by atoms with Crippen molar-refractivity contribution in [3.05, 3.63) is 41.5 Å². The normalized spacial score (nSPS) is 19.2. The fourth-order valence-electron chi connectivity index (χ4n) is 3.59. The molecular formula is C21H29N3O3. The highest BCUT2D eigenvalue weighted by atomic mass is 16.5. The molecule has 6 nitrogen and oxygen atoms in total. The maximum Gasteiger partial charge on any atom is 0.318 e. The molecule has 27 heavy (non-hydrogen) atoms. The van der Waals surface area contributed by atoms with Gasteiger partial charge in [-0.25, -0.2) is 4.79 Å². The molecule has 1 aliphatic carbocycles. The van der Waals surface area contributed by atoms with Crippen LogP contribution in [0.3, 0.4) is 0 Å². The Hall–Kier alpha value is -2.50. The van der Waals surface area contributed by atoms with Crippen LogP contribution in [-0.4, -0.2) is 43.1 Å². The first-order chi connectivity index (χ1) is 13.2. The van der Waals surface area contributed by atoms with E-state index >= 15 is 0 Å². The standard InChI is InChI=1S/C21H29N3O3/c1-27-18-9-7-17(8-10-18)15-24(14-12-16-5-3-2-4-6-16)21(26)23-19-11-13-22-20(19)25/h5,7-10,19H,2-4,6,11-15H2,1H3,(H,22,25)(H,23,26). The molecule has 0 bridgehead atoms. The van der Waals surface area contributed by atoms with E-state index in [1.54, 1.807) is 7.11 Å². The van der Waals surface area contributed by atoms with Crippen LogP contribution in [0.4, 0.5) is 4.79 Å². The zero-order valence-electron chi connectivity index (χ0n) is 16.0. The van der Waals surface area contributed by atoms with Gasteiger partial charge in [0, 0.05) is 19.6 Å². The summed E-state index contributed by atoms with van der Waals surface area (Å²) in [6, 6.07) is 7.15. The van der Waals surface area contributed by atoms with Gasteiger partial charge in [-0.15, -0.1) is 0 Å². The second-order valence-corrected chi connectivity index (χ2v) is 7.21. The lowest BCUT2D eigenvalue weighted by atomic mass is 9.97. The molecule has 2 N–H and O–H groups in total. The van der Waals surface area contributed by atoms with Gasteiger partial charge >= 0.3 is 6.03 Å². The summed E-state index contributed by atoms with van der Waals surface area (Å²) in [5, 5.41) is 5.65. The lowest BCUT2D eigenvalue weighted by Gasteiger charge is -2.26. The van der Waals surface area contributed by atoms with E-state index in [1.807, 2.05) is 29.2 Å². The third kappa shape index (κ3) is 5.49. The molecule has 0 spiro atoms. The number of hydrogen-bond donors (Lipinski definition) is 2. The average molecular weight is 371 g/mol. The number of allylic oxidation sites excluding steroid dienone is 1. The lowest BCUT2D eigenvalue weighted by molar-refractivity contribution is -0.120. The maximum absolute atomic E-state index is 12.8. The first kappa shape index (κ1) is 19.3. The van der Waals surface area contributed by atoms with Gasteiger partial charge in [-0.2, -0.15) is 0 Å². The van der Waals surface area contributed by atoms with E-state index in [4.69, 9.17) is 4.74 Å². The molecule has 0 radical (unpaired) electrons. The van der Waals surface area contributed by atoms with Gasteiger partial charge in [0.05, 0.1) is 7.11 Å². The van der Waals surface area contributed by atoms with E-state index in [2.05, 4.69) is 16.7 Å². The molecule has 6 heteroatoms. The fraction of sp³-hybridized carbons (Fsp3) is 0.524. The molecule has 1 fully saturated rings. The molecule has 1 atom stereocenters. The van der Waals surface area contributed by atoms with E-state index in [0.29, 0.717) is 26.1 Å². The lowest BCUT2D eigenvalue weighted by Crippen LogP contribution is -2.47. The minimum Gasteiger partial charge on any atom is -0.497 e. The van der Waals surface area contributed by atoms with Crippen LogP contribution in [-0.2, 0) is 11.3 Å². The Bertz CT molecular complexity index is 684. The Morgan fingerprint density at radius 2 is 2.11 bits per heavy atom. The monoisotopic (exact) mass is 371 g/mol. The molecule has 146 valence electrons. The Morgan fingerprint density at radius 1 is 1.30 bits per heavy atom. The summed E-state index contributed by atoms with van der Waals surface area (Å²) in [6.07, 6.45) is 8.62. The van der Waals surface area contributed by atoms with Crippen molar-refractivity contribution in [2.24, 2.45) is 0 Å². The second-order valence-electron chi connectivity index (χ2n) is 7.21. The molecule has 1 heterocycles. The van der Waals surface area contributed by atoms with Crippen molar-refractivity contribution in [2.45, 2.75) is 51.1 Å². The van der Waals surface area contributed by atoms with Gasteiger partial charge in [0.15, 0.2) is 0 Å². The summed E-state index contributed by atoms with van der Waals surface area (Å²) in [6.45, 7) is 1.78. The molecule has 1 unspecified atom stereocenters. The molecule has 3 amide bonds. The molecule has 1 aromatic rings. The van der Waals surface area contributed by atoms with E-state index in [0.717, 1.165) is 30.6 Å². The SMILES string of the molecule is COc1ccc(CN(CCC2=CCCCC2)C(=O)NC2CCNC2=O)cc1. The number of benzene rings is 1. The van der Waals surface area contributed by atoms with Crippen molar-refractivity contribution in [1.82, 2.24) is 15.5 Å². The molecule has 1 aromatic carbocycles. The first-order valence-corrected chi connectivity index (χ1v) is 9.79. The van der Waals surface area contributed by atoms with Crippen molar-refractivity contribution >= 4 is 11.9 Å². The molecule has 0 saturated carbocycles. The predicted molar refractivity (Wildman–Crippen MR) is 105 cm³/mol. The summed E-state index contributed by atoms with van der Waals surface area (Å²) in [5.41, 5.74) is 2.48. The Kier molecular flexibility index (Phi) is 6.74. The summed E-state index contributed by atoms with van der Waals surface area (Å²) in [7, 11) is 1.64. The molecule has 1 aliphatic heterocycles. The number of ether oxygens (including phenoxy) is 1. The number of nitrogens with zero attached hydrogens (tertiary/aromatic N) is 1. The Balaban J connectivity index is 1.65. The van der Waals surface area contributed by atoms with Crippen molar-refractivity contribution in [1.29, 1.82) is 0 Å². The fourth-order valence-corrected chi connectivity index (χ4v) is 3.59. The van der Waals surface area contributed by atoms with Crippen LogP contribution in [0, 0.1) is 0 Å². The zero-order valence-corrected chi connectivity index (χ0v) is 16.0. The van der Waals surface area contributed by atoms with Gasteiger partial charge in [-0.1, -0.05) is 23.8 Å². The van der Waals surface area contributed by atoms with Crippen LogP contribution >= 0.6 is 0 Å². The average Bonchev–Trinajstić information content (AvgIpc) is 3.10. The highest BCUT2D eigenvalue weighted by Gasteiger charge is 2.27. The molecule has 3 rings (SSSR count). The van der Waals surface area contributed by atoms with Gasteiger partial charge < -0.3 is 20.3 Å². The number of methoxy groups -OCH3 is 1. The quantitative estimate of drug-likeness (QED) is 0.724. The van der Waals surface area contributed by atoms with E-state index in [9.17, 15) is 9.59 Å². The van der Waals surface area contributed by atoms with Gasteiger partial charge in [0.25, 0.3) is 0 Å². The second kappa shape index (κ2) is 9.44. The Labute approximate surface area is 161 Å². The highest BCUT2D eigenvalue weighted by Crippen LogP contribution is 2.21. The van der Waals surface area contributed by atoms with Crippen molar-refractivity contribution in [2.75, 3.05) is 20.2 Å². The van der Waals surface area contributed by atoms with Gasteiger partial charge in [-0.3, -0.25) is 4.79 Å². The van der Waals surface area contributed by atoms with Crippen LogP contribution < -0.4 is 15.4 Å². The van der Waals surface area contributed by atoms with Crippen LogP contribution in [0.1, 0.15) is 44.1 Å². The van der Waals surface area contributed by atoms with E-state index in [1.165, 1.54) is 18.4 Å². The number of carbonyl (C=O) groups excluding carboxylic acids is 2. The third-order valence-electron chi connectivity index (χ3n) is 5.25. The smallest absolute Gasteiger partial charge is 0.318 e. The minimum atomic E-state index is -0.426. The van der Waals surface area contributed by atoms with Crippen LogP contribution in [0.2, 0.25) is 0 Å². The van der Waals surface area contributed by atoms with Crippen molar-refractivity contribution in [3.8, 4) is 5.75 Å². The highest BCUT2D eigenvalue weighted by molar-refractivity contribution is 5.88. The number of urea groups is 1. The van der Waals surface area contributed by atoms with E-state index in [-0.39, 0.29) is 11.9 Å². The Morgan fingerprint density at radius 3 is 2.74 bits per heavy atom. The van der Waals surface area contributed by atoms with Crippen molar-refractivity contribution < 1.29 is 14.3 Å². The van der Waals surface area contributed by atoms with Crippen LogP contribution in [0.15, 0.2) is 35.9 Å². The largest absolute Gasteiger partial charge is 0.497 e. The summed E-state index contributed by atoms with van der Waals surface area (Å²) in [5.74, 6) is 0.701. The minimum absolute atomic E-state index is 0.0947. The number of hydrogen-bond acceptors (Lipinski definition) is 3. The molecule has 0 aromatic heterocycles. The van der Waals surface area contributed by atoms with Gasteiger partial charge in [-0.05, 0) is 56.2 Å². The summed E-state index contributed by atoms with van der Waals surface area (Å²) >= 11 is 0. The number of carbonyl (C=O) groups is 2. The van der Waals surface area contributed by atoms with Crippen LogP contribution in [0.25, 0.3) is 0 Å². The number of amides is 3. The molecule has 2 aliphatic rings. The third-order valence-corrected chi connectivity index (χ3v) is 5.25. The van der Waals surface area contributed by atoms with Gasteiger partial charge in [0.2, 0.25) is 5.91 Å². The topological polar surface area (TPSA) is 70.7 Å². The van der Waals surface area contributed by atoms with Crippen molar-refractivity contribution in [3.63, 3.8) is 0 Å². The first-order valence-electron chi connectivity index (χ1n) is 9.79. The van der Waals surface area contributed by atoms with Gasteiger partial charge in [0.1, 0.15) is 11.8 Å². The molecular weight excluding hydrogens is 342 g/mol. The van der Waals surface area contributed by atoms with E-state index < -0.39 is 6.04 Å². The predicted octanol–water partition coefficient (Wildman–Crippen LogP) is 2.99. The summed E-state index contributed by atoms with van der Waals surface area (Å²) in [4.78, 5) is 26.4. The van der Waals surface area contributed by atoms with Crippen LogP contribution in [0.5, 0.6) is 5.75 Å². The number of rotatable bonds is 7. The molecule has 1 saturated heterocycles. The summed E-state index contributed by atoms with van der Waals surface area (Å²) < 4.78 is 5.20. The zero-order chi connectivity index (χ0) is 19.1. The number of nitrogens with one attached hydrogen (secondary N) is 2.